The maximum absolute atomic E-state index is 12.6. The maximum atomic E-state index is 12.6. The SMILES string of the molecule is CCCCCCCCCn1c(C)nc2scc(C(=O)O)c2c1=O. The average molecular weight is 336 g/mol. The highest BCUT2D eigenvalue weighted by molar-refractivity contribution is 7.17. The van der Waals surface area contributed by atoms with E-state index in [1.165, 1.54) is 48.8 Å². The fourth-order valence-corrected chi connectivity index (χ4v) is 3.72. The van der Waals surface area contributed by atoms with Gasteiger partial charge in [0.15, 0.2) is 0 Å². The van der Waals surface area contributed by atoms with Gasteiger partial charge in [-0.1, -0.05) is 45.4 Å². The summed E-state index contributed by atoms with van der Waals surface area (Å²) < 4.78 is 1.62. The van der Waals surface area contributed by atoms with Crippen LogP contribution in [0, 0.1) is 6.92 Å². The van der Waals surface area contributed by atoms with Gasteiger partial charge in [-0.3, -0.25) is 9.36 Å². The molecule has 0 unspecified atom stereocenters. The van der Waals surface area contributed by atoms with Gasteiger partial charge in [0.2, 0.25) is 0 Å². The van der Waals surface area contributed by atoms with Crippen molar-refractivity contribution in [1.29, 1.82) is 0 Å². The van der Waals surface area contributed by atoms with Gasteiger partial charge in [-0.15, -0.1) is 11.3 Å². The zero-order chi connectivity index (χ0) is 16.8. The first kappa shape index (κ1) is 17.7. The van der Waals surface area contributed by atoms with E-state index in [-0.39, 0.29) is 16.5 Å². The van der Waals surface area contributed by atoms with Crippen molar-refractivity contribution in [2.75, 3.05) is 0 Å². The minimum Gasteiger partial charge on any atom is -0.478 e. The first-order valence-electron chi connectivity index (χ1n) is 8.28. The van der Waals surface area contributed by atoms with Crippen LogP contribution in [0.3, 0.4) is 0 Å². The van der Waals surface area contributed by atoms with Crippen molar-refractivity contribution < 1.29 is 9.90 Å². The van der Waals surface area contributed by atoms with E-state index in [1.807, 2.05) is 6.92 Å². The molecule has 0 spiro atoms. The second-order valence-corrected chi connectivity index (χ2v) is 6.73. The van der Waals surface area contributed by atoms with Crippen molar-refractivity contribution in [1.82, 2.24) is 9.55 Å². The average Bonchev–Trinajstić information content (AvgIpc) is 2.93. The molecule has 0 radical (unpaired) electrons. The van der Waals surface area contributed by atoms with E-state index in [2.05, 4.69) is 11.9 Å². The van der Waals surface area contributed by atoms with Crippen LogP contribution in [-0.4, -0.2) is 20.6 Å². The lowest BCUT2D eigenvalue weighted by atomic mass is 10.1. The van der Waals surface area contributed by atoms with Gasteiger partial charge in [0.05, 0.1) is 10.9 Å². The number of fused-ring (bicyclic) bond motifs is 1. The van der Waals surface area contributed by atoms with Crippen molar-refractivity contribution in [2.24, 2.45) is 0 Å². The van der Waals surface area contributed by atoms with Crippen molar-refractivity contribution in [3.63, 3.8) is 0 Å². The molecule has 0 atom stereocenters. The number of rotatable bonds is 9. The monoisotopic (exact) mass is 336 g/mol. The summed E-state index contributed by atoms with van der Waals surface area (Å²) in [5.74, 6) is -0.409. The minimum absolute atomic E-state index is 0.0656. The third-order valence-corrected chi connectivity index (χ3v) is 4.97. The van der Waals surface area contributed by atoms with Gasteiger partial charge in [-0.2, -0.15) is 0 Å². The zero-order valence-electron chi connectivity index (χ0n) is 13.8. The molecule has 126 valence electrons. The molecule has 6 heteroatoms. The molecule has 23 heavy (non-hydrogen) atoms. The quantitative estimate of drug-likeness (QED) is 0.696. The summed E-state index contributed by atoms with van der Waals surface area (Å²) in [5.41, 5.74) is -0.159. The van der Waals surface area contributed by atoms with Crippen LogP contribution in [0.1, 0.15) is 68.1 Å². The van der Waals surface area contributed by atoms with Crippen LogP contribution < -0.4 is 5.56 Å². The Morgan fingerprint density at radius 1 is 1.22 bits per heavy atom. The predicted octanol–water partition coefficient (Wildman–Crippen LogP) is 4.22. The van der Waals surface area contributed by atoms with Gasteiger partial charge in [0.25, 0.3) is 5.56 Å². The van der Waals surface area contributed by atoms with E-state index < -0.39 is 5.97 Å². The van der Waals surface area contributed by atoms with E-state index in [0.29, 0.717) is 17.2 Å². The Morgan fingerprint density at radius 3 is 2.52 bits per heavy atom. The number of nitrogens with zero attached hydrogens (tertiary/aromatic N) is 2. The summed E-state index contributed by atoms with van der Waals surface area (Å²) in [6.07, 6.45) is 8.24. The largest absolute Gasteiger partial charge is 0.478 e. The fraction of sp³-hybridized carbons (Fsp3) is 0.588. The molecule has 1 N–H and O–H groups in total. The molecule has 0 aliphatic rings. The Hall–Kier alpha value is -1.69. The van der Waals surface area contributed by atoms with Gasteiger partial charge in [0.1, 0.15) is 10.7 Å². The lowest BCUT2D eigenvalue weighted by Crippen LogP contribution is -2.24. The molecule has 2 aromatic heterocycles. The first-order chi connectivity index (χ1) is 11.1. The summed E-state index contributed by atoms with van der Waals surface area (Å²) >= 11 is 1.21. The fourth-order valence-electron chi connectivity index (χ4n) is 2.77. The third kappa shape index (κ3) is 4.19. The highest BCUT2D eigenvalue weighted by Crippen LogP contribution is 2.21. The summed E-state index contributed by atoms with van der Waals surface area (Å²) in [7, 11) is 0. The van der Waals surface area contributed by atoms with Crippen LogP contribution in [0.25, 0.3) is 10.2 Å². The Labute approximate surface area is 140 Å². The van der Waals surface area contributed by atoms with Crippen LogP contribution >= 0.6 is 11.3 Å². The highest BCUT2D eigenvalue weighted by atomic mass is 32.1. The third-order valence-electron chi connectivity index (χ3n) is 4.10. The second kappa shape index (κ2) is 8.24. The van der Waals surface area contributed by atoms with Crippen molar-refractivity contribution >= 4 is 27.5 Å². The molecule has 0 aliphatic carbocycles. The van der Waals surface area contributed by atoms with Gasteiger partial charge in [0, 0.05) is 11.9 Å². The topological polar surface area (TPSA) is 72.2 Å². The Balaban J connectivity index is 2.07. The van der Waals surface area contributed by atoms with Gasteiger partial charge in [-0.05, 0) is 13.3 Å². The number of hydrogen-bond acceptors (Lipinski definition) is 4. The number of aromatic carboxylic acids is 1. The summed E-state index contributed by atoms with van der Waals surface area (Å²) in [5, 5.41) is 10.9. The normalized spacial score (nSPS) is 11.2. The number of carbonyl (C=O) groups is 1. The molecule has 2 heterocycles. The van der Waals surface area contributed by atoms with Crippen LogP contribution in [0.2, 0.25) is 0 Å². The standard InChI is InChI=1S/C17H24N2O3S/c1-3-4-5-6-7-8-9-10-19-12(2)18-15-14(16(19)20)13(11-23-15)17(21)22/h11H,3-10H2,1-2H3,(H,21,22). The van der Waals surface area contributed by atoms with Crippen LogP contribution in [-0.2, 0) is 6.54 Å². The number of carboxylic acids is 1. The van der Waals surface area contributed by atoms with E-state index in [4.69, 9.17) is 0 Å². The van der Waals surface area contributed by atoms with Crippen LogP contribution in [0.4, 0.5) is 0 Å². The second-order valence-electron chi connectivity index (χ2n) is 5.87. The van der Waals surface area contributed by atoms with E-state index in [9.17, 15) is 14.7 Å². The van der Waals surface area contributed by atoms with Gasteiger partial charge >= 0.3 is 5.97 Å². The molecule has 2 rings (SSSR count). The number of aryl methyl sites for hydroxylation is 1. The molecule has 0 saturated carbocycles. The number of aromatic nitrogens is 2. The predicted molar refractivity (Wildman–Crippen MR) is 93.6 cm³/mol. The molecule has 0 aromatic carbocycles. The number of unbranched alkanes of at least 4 members (excludes halogenated alkanes) is 6. The van der Waals surface area contributed by atoms with Crippen molar-refractivity contribution in [3.8, 4) is 0 Å². The molecule has 0 saturated heterocycles. The summed E-state index contributed by atoms with van der Waals surface area (Å²) in [6, 6.07) is 0. The Bertz CT molecular complexity index is 733. The van der Waals surface area contributed by atoms with Gasteiger partial charge < -0.3 is 5.11 Å². The molecule has 0 amide bonds. The molecule has 2 aromatic rings. The first-order valence-corrected chi connectivity index (χ1v) is 9.16. The van der Waals surface area contributed by atoms with Crippen LogP contribution in [0.15, 0.2) is 10.2 Å². The van der Waals surface area contributed by atoms with Gasteiger partial charge in [-0.25, -0.2) is 9.78 Å². The molecule has 5 nitrogen and oxygen atoms in total. The van der Waals surface area contributed by atoms with E-state index in [1.54, 1.807) is 4.57 Å². The van der Waals surface area contributed by atoms with Crippen molar-refractivity contribution in [2.45, 2.75) is 65.3 Å². The lowest BCUT2D eigenvalue weighted by molar-refractivity contribution is 0.0699. The minimum atomic E-state index is -1.07. The van der Waals surface area contributed by atoms with E-state index >= 15 is 0 Å². The number of carboxylic acid groups (broad SMARTS) is 1. The molecule has 0 fully saturated rings. The molecular weight excluding hydrogens is 312 g/mol. The number of thiophene rings is 1. The molecular formula is C17H24N2O3S. The van der Waals surface area contributed by atoms with E-state index in [0.717, 1.165) is 12.8 Å². The molecule has 0 aliphatic heterocycles. The highest BCUT2D eigenvalue weighted by Gasteiger charge is 2.17. The summed E-state index contributed by atoms with van der Waals surface area (Å²) in [6.45, 7) is 4.62. The number of hydrogen-bond donors (Lipinski definition) is 1. The van der Waals surface area contributed by atoms with Crippen molar-refractivity contribution in [3.05, 3.63) is 27.1 Å². The lowest BCUT2D eigenvalue weighted by Gasteiger charge is -2.09. The van der Waals surface area contributed by atoms with Crippen LogP contribution in [0.5, 0.6) is 0 Å². The maximum Gasteiger partial charge on any atom is 0.337 e. The Morgan fingerprint density at radius 2 is 1.87 bits per heavy atom. The zero-order valence-corrected chi connectivity index (χ0v) is 14.6. The summed E-state index contributed by atoms with van der Waals surface area (Å²) in [4.78, 5) is 28.8. The molecule has 0 bridgehead atoms. The Kier molecular flexibility index (Phi) is 6.33. The smallest absolute Gasteiger partial charge is 0.337 e.